The fourth-order valence-corrected chi connectivity index (χ4v) is 2.77. The van der Waals surface area contributed by atoms with Gasteiger partial charge in [0.05, 0.1) is 21.5 Å². The molecule has 3 nitrogen and oxygen atoms in total. The van der Waals surface area contributed by atoms with Gasteiger partial charge >= 0.3 is 0 Å². The molecular weight excluding hydrogens is 278 g/mol. The molecule has 0 aliphatic carbocycles. The zero-order chi connectivity index (χ0) is 13.8. The second-order valence-electron chi connectivity index (χ2n) is 3.99. The molecule has 0 aliphatic heterocycles. The minimum atomic E-state index is 0.0944. The summed E-state index contributed by atoms with van der Waals surface area (Å²) in [5, 5.41) is 21.1. The molecule has 0 saturated carbocycles. The van der Waals surface area contributed by atoms with E-state index in [-0.39, 0.29) is 6.04 Å². The van der Waals surface area contributed by atoms with Crippen LogP contribution in [0.3, 0.4) is 0 Å². The van der Waals surface area contributed by atoms with Crippen molar-refractivity contribution in [1.82, 2.24) is 0 Å². The fraction of sp³-hybridized carbons (Fsp3) is 0.143. The molecule has 1 aromatic heterocycles. The van der Waals surface area contributed by atoms with Gasteiger partial charge in [0.1, 0.15) is 12.1 Å². The van der Waals surface area contributed by atoms with Crippen LogP contribution in [-0.4, -0.2) is 0 Å². The van der Waals surface area contributed by atoms with Crippen molar-refractivity contribution in [3.63, 3.8) is 0 Å². The Balaban J connectivity index is 2.20. The quantitative estimate of drug-likeness (QED) is 0.914. The average molecular weight is 288 g/mol. The lowest BCUT2D eigenvalue weighted by molar-refractivity contribution is 0.908. The Morgan fingerprint density at radius 2 is 1.89 bits per heavy atom. The van der Waals surface area contributed by atoms with Crippen LogP contribution < -0.4 is 5.32 Å². The van der Waals surface area contributed by atoms with Crippen LogP contribution in [0.5, 0.6) is 0 Å². The summed E-state index contributed by atoms with van der Waals surface area (Å²) in [5.41, 5.74) is 1.58. The number of nitrogens with one attached hydrogen (secondary N) is 1. The Bertz CT molecular complexity index is 679. The second-order valence-corrected chi connectivity index (χ2v) is 5.74. The lowest BCUT2D eigenvalue weighted by atomic mass is 10.1. The van der Waals surface area contributed by atoms with Crippen molar-refractivity contribution >= 4 is 28.6 Å². The van der Waals surface area contributed by atoms with E-state index in [1.807, 2.05) is 31.2 Å². The first-order chi connectivity index (χ1) is 9.13. The Labute approximate surface area is 120 Å². The molecule has 1 atom stereocenters. The van der Waals surface area contributed by atoms with Gasteiger partial charge in [-0.05, 0) is 37.3 Å². The van der Waals surface area contributed by atoms with E-state index in [9.17, 15) is 0 Å². The first-order valence-electron chi connectivity index (χ1n) is 5.60. The van der Waals surface area contributed by atoms with Crippen LogP contribution >= 0.6 is 22.9 Å². The minimum absolute atomic E-state index is 0.0944. The Morgan fingerprint density at radius 3 is 2.47 bits per heavy atom. The van der Waals surface area contributed by atoms with Gasteiger partial charge in [-0.2, -0.15) is 10.5 Å². The molecule has 1 unspecified atom stereocenters. The summed E-state index contributed by atoms with van der Waals surface area (Å²) in [7, 11) is 0. The van der Waals surface area contributed by atoms with E-state index in [0.29, 0.717) is 11.1 Å². The number of hydrogen-bond acceptors (Lipinski definition) is 4. The first kappa shape index (κ1) is 13.4. The van der Waals surface area contributed by atoms with Crippen LogP contribution in [0.1, 0.15) is 29.0 Å². The van der Waals surface area contributed by atoms with E-state index in [0.717, 1.165) is 14.9 Å². The molecule has 2 rings (SSSR count). The predicted molar refractivity (Wildman–Crippen MR) is 77.2 cm³/mol. The van der Waals surface area contributed by atoms with Crippen molar-refractivity contribution in [3.05, 3.63) is 50.7 Å². The number of nitriles is 2. The SMILES string of the molecule is CC(Nc1ccc(C#N)c(C#N)c1)c1ccc(Cl)s1. The molecule has 0 spiro atoms. The molecule has 5 heteroatoms. The van der Waals surface area contributed by atoms with Gasteiger partial charge in [0.25, 0.3) is 0 Å². The summed E-state index contributed by atoms with van der Waals surface area (Å²) < 4.78 is 0.751. The number of rotatable bonds is 3. The smallest absolute Gasteiger partial charge is 0.101 e. The fourth-order valence-electron chi connectivity index (χ4n) is 1.71. The van der Waals surface area contributed by atoms with E-state index in [1.54, 1.807) is 18.2 Å². The van der Waals surface area contributed by atoms with E-state index in [4.69, 9.17) is 22.1 Å². The Kier molecular flexibility index (Phi) is 4.06. The largest absolute Gasteiger partial charge is 0.378 e. The van der Waals surface area contributed by atoms with Crippen LogP contribution in [0.15, 0.2) is 30.3 Å². The summed E-state index contributed by atoms with van der Waals surface area (Å²) in [6.45, 7) is 2.02. The third-order valence-electron chi connectivity index (χ3n) is 2.66. The lowest BCUT2D eigenvalue weighted by Gasteiger charge is -2.14. The van der Waals surface area contributed by atoms with Crippen molar-refractivity contribution in [1.29, 1.82) is 10.5 Å². The molecule has 1 aromatic carbocycles. The minimum Gasteiger partial charge on any atom is -0.378 e. The van der Waals surface area contributed by atoms with Crippen molar-refractivity contribution in [2.45, 2.75) is 13.0 Å². The highest BCUT2D eigenvalue weighted by atomic mass is 35.5. The third-order valence-corrected chi connectivity index (χ3v) is 4.08. The van der Waals surface area contributed by atoms with Crippen molar-refractivity contribution in [3.8, 4) is 12.1 Å². The highest BCUT2D eigenvalue weighted by Crippen LogP contribution is 2.29. The zero-order valence-corrected chi connectivity index (χ0v) is 11.7. The summed E-state index contributed by atoms with van der Waals surface area (Å²) in [5.74, 6) is 0. The molecule has 0 aliphatic rings. The normalized spacial score (nSPS) is 11.4. The third kappa shape index (κ3) is 3.06. The molecule has 1 N–H and O–H groups in total. The number of halogens is 1. The standard InChI is InChI=1S/C14H10ClN3S/c1-9(13-4-5-14(15)19-13)18-12-3-2-10(7-16)11(6-12)8-17/h2-6,9,18H,1H3. The summed E-state index contributed by atoms with van der Waals surface area (Å²) in [6.07, 6.45) is 0. The molecule has 94 valence electrons. The van der Waals surface area contributed by atoms with Crippen molar-refractivity contribution < 1.29 is 0 Å². The Hall–Kier alpha value is -2.01. The molecule has 0 amide bonds. The lowest BCUT2D eigenvalue weighted by Crippen LogP contribution is -2.05. The van der Waals surface area contributed by atoms with E-state index < -0.39 is 0 Å². The molecule has 0 bridgehead atoms. The molecule has 0 saturated heterocycles. The first-order valence-corrected chi connectivity index (χ1v) is 6.79. The maximum absolute atomic E-state index is 8.98. The molecule has 2 aromatic rings. The molecule has 0 fully saturated rings. The Morgan fingerprint density at radius 1 is 1.16 bits per heavy atom. The van der Waals surface area contributed by atoms with Crippen LogP contribution in [0.25, 0.3) is 0 Å². The molecule has 19 heavy (non-hydrogen) atoms. The predicted octanol–water partition coefficient (Wildman–Crippen LogP) is 4.32. The van der Waals surface area contributed by atoms with Gasteiger partial charge in [-0.3, -0.25) is 0 Å². The van der Waals surface area contributed by atoms with Crippen LogP contribution in [0.2, 0.25) is 4.34 Å². The number of anilines is 1. The van der Waals surface area contributed by atoms with Gasteiger partial charge < -0.3 is 5.32 Å². The average Bonchev–Trinajstić information content (AvgIpc) is 2.85. The maximum Gasteiger partial charge on any atom is 0.101 e. The van der Waals surface area contributed by atoms with Crippen molar-refractivity contribution in [2.24, 2.45) is 0 Å². The topological polar surface area (TPSA) is 59.6 Å². The second kappa shape index (κ2) is 5.75. The van der Waals surface area contributed by atoms with Crippen LogP contribution in [0, 0.1) is 22.7 Å². The number of nitrogens with zero attached hydrogens (tertiary/aromatic N) is 2. The number of hydrogen-bond donors (Lipinski definition) is 1. The van der Waals surface area contributed by atoms with E-state index in [1.165, 1.54) is 11.3 Å². The van der Waals surface area contributed by atoms with Crippen molar-refractivity contribution in [2.75, 3.05) is 5.32 Å². The summed E-state index contributed by atoms with van der Waals surface area (Å²) >= 11 is 7.42. The van der Waals surface area contributed by atoms with Gasteiger partial charge in [0.2, 0.25) is 0 Å². The molecule has 1 heterocycles. The summed E-state index contributed by atoms with van der Waals surface area (Å²) in [4.78, 5) is 1.12. The monoisotopic (exact) mass is 287 g/mol. The van der Waals surface area contributed by atoms with Crippen LogP contribution in [0.4, 0.5) is 5.69 Å². The molecule has 0 radical (unpaired) electrons. The van der Waals surface area contributed by atoms with E-state index in [2.05, 4.69) is 5.32 Å². The van der Waals surface area contributed by atoms with Gasteiger partial charge in [-0.1, -0.05) is 11.6 Å². The van der Waals surface area contributed by atoms with Gasteiger partial charge in [-0.15, -0.1) is 11.3 Å². The van der Waals surface area contributed by atoms with Gasteiger partial charge in [0, 0.05) is 10.6 Å². The maximum atomic E-state index is 8.98. The van der Waals surface area contributed by atoms with Gasteiger partial charge in [0.15, 0.2) is 0 Å². The zero-order valence-electron chi connectivity index (χ0n) is 10.1. The van der Waals surface area contributed by atoms with Gasteiger partial charge in [-0.25, -0.2) is 0 Å². The van der Waals surface area contributed by atoms with E-state index >= 15 is 0 Å². The van der Waals surface area contributed by atoms with Crippen LogP contribution in [-0.2, 0) is 0 Å². The highest BCUT2D eigenvalue weighted by Gasteiger charge is 2.09. The summed E-state index contributed by atoms with van der Waals surface area (Å²) in [6, 6.07) is 13.1. The number of benzene rings is 1. The molecular formula is C14H10ClN3S. The highest BCUT2D eigenvalue weighted by molar-refractivity contribution is 7.16. The number of thiophene rings is 1.